The lowest BCUT2D eigenvalue weighted by Gasteiger charge is -2.07. The van der Waals surface area contributed by atoms with Crippen LogP contribution >= 0.6 is 0 Å². The summed E-state index contributed by atoms with van der Waals surface area (Å²) in [5.74, 6) is 0.405. The molecule has 1 N–H and O–H groups in total. The van der Waals surface area contributed by atoms with Crippen molar-refractivity contribution in [3.8, 4) is 16.9 Å². The number of aryl methyl sites for hydroxylation is 2. The molecule has 2 aromatic rings. The van der Waals surface area contributed by atoms with Crippen LogP contribution in [0.25, 0.3) is 11.1 Å². The molecular weight excluding hydrogens is 208 g/mol. The standard InChI is InChI=1S/C16H18O/c1-3-4-15-11-14(9-10-16(15)17)13-7-5-12(2)6-8-13/h5-11,17H,3-4H2,1-2H3. The largest absolute Gasteiger partial charge is 0.508 e. The Labute approximate surface area is 103 Å². The number of hydrogen-bond acceptors (Lipinski definition) is 1. The topological polar surface area (TPSA) is 20.2 Å². The van der Waals surface area contributed by atoms with Crippen LogP contribution in [0.2, 0.25) is 0 Å². The summed E-state index contributed by atoms with van der Waals surface area (Å²) in [6.45, 7) is 4.21. The van der Waals surface area contributed by atoms with Crippen molar-refractivity contribution in [3.63, 3.8) is 0 Å². The molecule has 1 heteroatoms. The zero-order valence-corrected chi connectivity index (χ0v) is 10.4. The quantitative estimate of drug-likeness (QED) is 0.826. The molecule has 1 nitrogen and oxygen atoms in total. The first-order valence-corrected chi connectivity index (χ1v) is 6.09. The Morgan fingerprint density at radius 3 is 2.24 bits per heavy atom. The highest BCUT2D eigenvalue weighted by molar-refractivity contribution is 5.65. The molecule has 0 saturated heterocycles. The molecule has 88 valence electrons. The maximum atomic E-state index is 9.76. The molecule has 0 saturated carbocycles. The summed E-state index contributed by atoms with van der Waals surface area (Å²) < 4.78 is 0. The van der Waals surface area contributed by atoms with Crippen LogP contribution < -0.4 is 0 Å². The van der Waals surface area contributed by atoms with Gasteiger partial charge in [-0.05, 0) is 42.2 Å². The number of rotatable bonds is 3. The minimum atomic E-state index is 0.405. The predicted octanol–water partition coefficient (Wildman–Crippen LogP) is 4.32. The lowest BCUT2D eigenvalue weighted by molar-refractivity contribution is 0.467. The molecule has 0 aromatic heterocycles. The summed E-state index contributed by atoms with van der Waals surface area (Å²) in [7, 11) is 0. The van der Waals surface area contributed by atoms with Gasteiger partial charge in [0, 0.05) is 0 Å². The Kier molecular flexibility index (Phi) is 3.48. The SMILES string of the molecule is CCCc1cc(-c2ccc(C)cc2)ccc1O. The van der Waals surface area contributed by atoms with Crippen molar-refractivity contribution >= 4 is 0 Å². The third-order valence-corrected chi connectivity index (χ3v) is 2.98. The molecule has 0 aliphatic rings. The number of hydrogen-bond donors (Lipinski definition) is 1. The van der Waals surface area contributed by atoms with Gasteiger partial charge in [-0.1, -0.05) is 49.2 Å². The predicted molar refractivity (Wildman–Crippen MR) is 72.3 cm³/mol. The van der Waals surface area contributed by atoms with E-state index < -0.39 is 0 Å². The van der Waals surface area contributed by atoms with Gasteiger partial charge in [0.15, 0.2) is 0 Å². The highest BCUT2D eigenvalue weighted by Crippen LogP contribution is 2.27. The summed E-state index contributed by atoms with van der Waals surface area (Å²) in [5, 5.41) is 9.76. The highest BCUT2D eigenvalue weighted by atomic mass is 16.3. The zero-order chi connectivity index (χ0) is 12.3. The third kappa shape index (κ3) is 2.68. The van der Waals surface area contributed by atoms with Crippen LogP contribution in [0.3, 0.4) is 0 Å². The van der Waals surface area contributed by atoms with E-state index in [2.05, 4.69) is 44.2 Å². The fraction of sp³-hybridized carbons (Fsp3) is 0.250. The fourth-order valence-corrected chi connectivity index (χ4v) is 1.98. The Balaban J connectivity index is 2.39. The number of benzene rings is 2. The van der Waals surface area contributed by atoms with Crippen LogP contribution in [0.1, 0.15) is 24.5 Å². The number of phenols is 1. The van der Waals surface area contributed by atoms with Gasteiger partial charge in [-0.3, -0.25) is 0 Å². The molecule has 0 unspecified atom stereocenters. The van der Waals surface area contributed by atoms with Crippen LogP contribution in [-0.2, 0) is 6.42 Å². The van der Waals surface area contributed by atoms with Crippen LogP contribution in [0.5, 0.6) is 5.75 Å². The van der Waals surface area contributed by atoms with Gasteiger partial charge in [-0.25, -0.2) is 0 Å². The average Bonchev–Trinajstić information content (AvgIpc) is 2.33. The van der Waals surface area contributed by atoms with Gasteiger partial charge in [-0.15, -0.1) is 0 Å². The van der Waals surface area contributed by atoms with Crippen LogP contribution in [0.15, 0.2) is 42.5 Å². The van der Waals surface area contributed by atoms with Crippen molar-refractivity contribution in [1.82, 2.24) is 0 Å². The van der Waals surface area contributed by atoms with Crippen molar-refractivity contribution in [2.45, 2.75) is 26.7 Å². The smallest absolute Gasteiger partial charge is 0.118 e. The Bertz CT molecular complexity index is 497. The second-order valence-electron chi connectivity index (χ2n) is 4.46. The molecule has 2 aromatic carbocycles. The van der Waals surface area contributed by atoms with E-state index in [0.717, 1.165) is 18.4 Å². The monoisotopic (exact) mass is 226 g/mol. The van der Waals surface area contributed by atoms with E-state index >= 15 is 0 Å². The van der Waals surface area contributed by atoms with Gasteiger partial charge in [0.25, 0.3) is 0 Å². The maximum absolute atomic E-state index is 9.76. The summed E-state index contributed by atoms with van der Waals surface area (Å²) in [6, 6.07) is 14.3. The van der Waals surface area contributed by atoms with Gasteiger partial charge in [-0.2, -0.15) is 0 Å². The van der Waals surface area contributed by atoms with Crippen molar-refractivity contribution in [2.75, 3.05) is 0 Å². The van der Waals surface area contributed by atoms with Gasteiger partial charge < -0.3 is 5.11 Å². The van der Waals surface area contributed by atoms with Gasteiger partial charge in [0.05, 0.1) is 0 Å². The molecule has 0 spiro atoms. The van der Waals surface area contributed by atoms with Gasteiger partial charge >= 0.3 is 0 Å². The molecule has 0 aliphatic carbocycles. The van der Waals surface area contributed by atoms with Crippen LogP contribution in [0.4, 0.5) is 0 Å². The Morgan fingerprint density at radius 2 is 1.59 bits per heavy atom. The molecule has 0 radical (unpaired) electrons. The number of phenolic OH excluding ortho intramolecular Hbond substituents is 1. The molecule has 17 heavy (non-hydrogen) atoms. The first kappa shape index (κ1) is 11.7. The van der Waals surface area contributed by atoms with E-state index in [1.165, 1.54) is 16.7 Å². The summed E-state index contributed by atoms with van der Waals surface area (Å²) in [5.41, 5.74) is 4.67. The van der Waals surface area contributed by atoms with Crippen molar-refractivity contribution < 1.29 is 5.11 Å². The van der Waals surface area contributed by atoms with E-state index in [4.69, 9.17) is 0 Å². The number of aromatic hydroxyl groups is 1. The molecule has 0 bridgehead atoms. The first-order chi connectivity index (χ1) is 8.20. The van der Waals surface area contributed by atoms with Crippen molar-refractivity contribution in [2.24, 2.45) is 0 Å². The molecule has 0 heterocycles. The average molecular weight is 226 g/mol. The summed E-state index contributed by atoms with van der Waals surface area (Å²) in [4.78, 5) is 0. The molecule has 0 atom stereocenters. The molecule has 2 rings (SSSR count). The van der Waals surface area contributed by atoms with Gasteiger partial charge in [0.2, 0.25) is 0 Å². The molecule has 0 aliphatic heterocycles. The summed E-state index contributed by atoms with van der Waals surface area (Å²) in [6.07, 6.45) is 1.97. The Hall–Kier alpha value is -1.76. The first-order valence-electron chi connectivity index (χ1n) is 6.09. The minimum absolute atomic E-state index is 0.405. The Morgan fingerprint density at radius 1 is 0.941 bits per heavy atom. The molecular formula is C16H18O. The van der Waals surface area contributed by atoms with E-state index in [0.29, 0.717) is 5.75 Å². The van der Waals surface area contributed by atoms with E-state index in [-0.39, 0.29) is 0 Å². The van der Waals surface area contributed by atoms with Crippen LogP contribution in [0, 0.1) is 6.92 Å². The van der Waals surface area contributed by atoms with Gasteiger partial charge in [0.1, 0.15) is 5.75 Å². The molecule has 0 amide bonds. The molecule has 0 fully saturated rings. The van der Waals surface area contributed by atoms with E-state index in [1.54, 1.807) is 6.07 Å². The van der Waals surface area contributed by atoms with Crippen molar-refractivity contribution in [3.05, 3.63) is 53.6 Å². The maximum Gasteiger partial charge on any atom is 0.118 e. The van der Waals surface area contributed by atoms with Crippen LogP contribution in [-0.4, -0.2) is 5.11 Å². The highest BCUT2D eigenvalue weighted by Gasteiger charge is 2.03. The third-order valence-electron chi connectivity index (χ3n) is 2.98. The van der Waals surface area contributed by atoms with Crippen molar-refractivity contribution in [1.29, 1.82) is 0 Å². The normalized spacial score (nSPS) is 10.5. The fourth-order valence-electron chi connectivity index (χ4n) is 1.98. The lowest BCUT2D eigenvalue weighted by atomic mass is 9.99. The van der Waals surface area contributed by atoms with E-state index in [9.17, 15) is 5.11 Å². The minimum Gasteiger partial charge on any atom is -0.508 e. The lowest BCUT2D eigenvalue weighted by Crippen LogP contribution is -1.86. The summed E-state index contributed by atoms with van der Waals surface area (Å²) >= 11 is 0. The van der Waals surface area contributed by atoms with E-state index in [1.807, 2.05) is 6.07 Å². The second kappa shape index (κ2) is 5.05. The zero-order valence-electron chi connectivity index (χ0n) is 10.4. The second-order valence-corrected chi connectivity index (χ2v) is 4.46.